The molecule has 0 aromatic heterocycles. The Kier molecular flexibility index (Phi) is 7.94. The summed E-state index contributed by atoms with van der Waals surface area (Å²) in [6.45, 7) is 2.18. The second kappa shape index (κ2) is 10.9. The predicted octanol–water partition coefficient (Wildman–Crippen LogP) is 5.38. The number of hydrogen-bond donors (Lipinski definition) is 2. The first-order valence-corrected chi connectivity index (χ1v) is 12.0. The third-order valence-electron chi connectivity index (χ3n) is 6.41. The highest BCUT2D eigenvalue weighted by atomic mass is 35.5. The van der Waals surface area contributed by atoms with Crippen LogP contribution in [-0.4, -0.2) is 47.5 Å². The van der Waals surface area contributed by atoms with Gasteiger partial charge in [0.2, 0.25) is 0 Å². The smallest absolute Gasteiger partial charge is 0.156 e. The zero-order valence-corrected chi connectivity index (χ0v) is 19.9. The average Bonchev–Trinajstić information content (AvgIpc) is 2.85. The summed E-state index contributed by atoms with van der Waals surface area (Å²) >= 11 is 12.3. The molecule has 4 nitrogen and oxygen atoms in total. The maximum Gasteiger partial charge on any atom is 0.156 e. The minimum Gasteiger partial charge on any atom is -0.488 e. The van der Waals surface area contributed by atoms with Crippen LogP contribution < -0.4 is 4.74 Å². The lowest BCUT2D eigenvalue weighted by molar-refractivity contribution is -0.0222. The van der Waals surface area contributed by atoms with Gasteiger partial charge >= 0.3 is 0 Å². The van der Waals surface area contributed by atoms with Gasteiger partial charge in [0.15, 0.2) is 5.75 Å². The van der Waals surface area contributed by atoms with Gasteiger partial charge in [0.1, 0.15) is 18.3 Å². The molecule has 0 aliphatic carbocycles. The number of para-hydroxylation sites is 1. The zero-order chi connectivity index (χ0) is 23.3. The van der Waals surface area contributed by atoms with Crippen molar-refractivity contribution in [2.75, 3.05) is 26.2 Å². The monoisotopic (exact) mass is 485 g/mol. The van der Waals surface area contributed by atoms with Crippen LogP contribution in [0.1, 0.15) is 24.0 Å². The van der Waals surface area contributed by atoms with Crippen LogP contribution in [0.4, 0.5) is 0 Å². The summed E-state index contributed by atoms with van der Waals surface area (Å²) in [4.78, 5) is 2.22. The predicted molar refractivity (Wildman–Crippen MR) is 133 cm³/mol. The number of hydrogen-bond acceptors (Lipinski definition) is 4. The highest BCUT2D eigenvalue weighted by molar-refractivity contribution is 6.37. The minimum absolute atomic E-state index is 0.0777. The van der Waals surface area contributed by atoms with E-state index in [1.807, 2.05) is 60.7 Å². The van der Waals surface area contributed by atoms with E-state index in [0.717, 1.165) is 37.1 Å². The Morgan fingerprint density at radius 3 is 1.88 bits per heavy atom. The summed E-state index contributed by atoms with van der Waals surface area (Å²) in [7, 11) is 0. The molecule has 1 aliphatic rings. The Labute approximate surface area is 205 Å². The Bertz CT molecular complexity index is 964. The van der Waals surface area contributed by atoms with E-state index >= 15 is 0 Å². The molecule has 2 N–H and O–H groups in total. The first-order chi connectivity index (χ1) is 16.0. The summed E-state index contributed by atoms with van der Waals surface area (Å²) in [5, 5.41) is 23.4. The molecular weight excluding hydrogens is 457 g/mol. The SMILES string of the molecule is O[C@H](COc1c(Cl)cccc1Cl)CN1CCC(C(O)(c2ccccc2)c2ccccc2)CC1. The number of benzene rings is 3. The van der Waals surface area contributed by atoms with Gasteiger partial charge in [-0.15, -0.1) is 0 Å². The molecule has 0 radical (unpaired) electrons. The first kappa shape index (κ1) is 24.1. The van der Waals surface area contributed by atoms with Crippen molar-refractivity contribution in [3.05, 3.63) is 100 Å². The number of ether oxygens (including phenoxy) is 1. The Morgan fingerprint density at radius 1 is 0.848 bits per heavy atom. The molecule has 6 heteroatoms. The number of nitrogens with zero attached hydrogens (tertiary/aromatic N) is 1. The fourth-order valence-electron chi connectivity index (χ4n) is 4.71. The molecule has 1 aliphatic heterocycles. The van der Waals surface area contributed by atoms with Crippen molar-refractivity contribution >= 4 is 23.2 Å². The summed E-state index contributed by atoms with van der Waals surface area (Å²) in [5.74, 6) is 0.475. The Morgan fingerprint density at radius 2 is 1.36 bits per heavy atom. The molecule has 0 saturated carbocycles. The molecule has 0 spiro atoms. The van der Waals surface area contributed by atoms with Crippen LogP contribution in [0.15, 0.2) is 78.9 Å². The van der Waals surface area contributed by atoms with Crippen molar-refractivity contribution in [3.8, 4) is 5.75 Å². The molecule has 1 heterocycles. The molecule has 174 valence electrons. The van der Waals surface area contributed by atoms with Crippen molar-refractivity contribution in [3.63, 3.8) is 0 Å². The lowest BCUT2D eigenvalue weighted by Gasteiger charge is -2.42. The molecule has 3 aromatic carbocycles. The van der Waals surface area contributed by atoms with Crippen LogP contribution in [0.2, 0.25) is 10.0 Å². The van der Waals surface area contributed by atoms with Crippen molar-refractivity contribution in [1.29, 1.82) is 0 Å². The van der Waals surface area contributed by atoms with Gasteiger partial charge < -0.3 is 19.8 Å². The summed E-state index contributed by atoms with van der Waals surface area (Å²) in [5.41, 5.74) is 0.788. The minimum atomic E-state index is -1.04. The van der Waals surface area contributed by atoms with Gasteiger partial charge in [0, 0.05) is 6.54 Å². The first-order valence-electron chi connectivity index (χ1n) is 11.3. The van der Waals surface area contributed by atoms with Gasteiger partial charge in [-0.25, -0.2) is 0 Å². The molecule has 1 fully saturated rings. The molecule has 33 heavy (non-hydrogen) atoms. The fraction of sp³-hybridized carbons (Fsp3) is 0.333. The van der Waals surface area contributed by atoms with Gasteiger partial charge in [-0.05, 0) is 55.1 Å². The van der Waals surface area contributed by atoms with Crippen LogP contribution in [0.25, 0.3) is 0 Å². The molecule has 1 atom stereocenters. The lowest BCUT2D eigenvalue weighted by Crippen LogP contribution is -2.46. The van der Waals surface area contributed by atoms with Crippen LogP contribution in [0.3, 0.4) is 0 Å². The van der Waals surface area contributed by atoms with E-state index in [4.69, 9.17) is 27.9 Å². The highest BCUT2D eigenvalue weighted by Crippen LogP contribution is 2.42. The van der Waals surface area contributed by atoms with Crippen LogP contribution in [0, 0.1) is 5.92 Å². The Hall–Kier alpha value is -2.08. The standard InChI is InChI=1S/C27H29Cl2NO3/c28-24-12-7-13-25(29)26(24)33-19-23(31)18-30-16-14-22(15-17-30)27(32,20-8-3-1-4-9-20)21-10-5-2-6-11-21/h1-13,22-23,31-32H,14-19H2/t23-/m0/s1. The van der Waals surface area contributed by atoms with Crippen molar-refractivity contribution in [2.45, 2.75) is 24.5 Å². The van der Waals surface area contributed by atoms with E-state index in [1.54, 1.807) is 18.2 Å². The summed E-state index contributed by atoms with van der Waals surface area (Å²) in [6.07, 6.45) is 0.977. The number of likely N-dealkylation sites (tertiary alicyclic amines) is 1. The normalized spacial score (nSPS) is 16.5. The maximum atomic E-state index is 12.0. The second-order valence-corrected chi connectivity index (χ2v) is 9.40. The van der Waals surface area contributed by atoms with E-state index in [-0.39, 0.29) is 12.5 Å². The average molecular weight is 486 g/mol. The van der Waals surface area contributed by atoms with Crippen molar-refractivity contribution in [1.82, 2.24) is 4.90 Å². The Balaban J connectivity index is 1.38. The number of piperidine rings is 1. The van der Waals surface area contributed by atoms with Gasteiger partial charge in [0.05, 0.1) is 10.0 Å². The molecular formula is C27H29Cl2NO3. The molecule has 0 bridgehead atoms. The van der Waals surface area contributed by atoms with E-state index < -0.39 is 11.7 Å². The quantitative estimate of drug-likeness (QED) is 0.449. The summed E-state index contributed by atoms with van der Waals surface area (Å²) < 4.78 is 5.68. The summed E-state index contributed by atoms with van der Waals surface area (Å²) in [6, 6.07) is 25.0. The number of rotatable bonds is 8. The largest absolute Gasteiger partial charge is 0.488 e. The third kappa shape index (κ3) is 5.53. The third-order valence-corrected chi connectivity index (χ3v) is 7.01. The topological polar surface area (TPSA) is 52.9 Å². The van der Waals surface area contributed by atoms with Gasteiger partial charge in [0.25, 0.3) is 0 Å². The van der Waals surface area contributed by atoms with E-state index in [1.165, 1.54) is 0 Å². The van der Waals surface area contributed by atoms with Gasteiger partial charge in [-0.3, -0.25) is 0 Å². The number of aliphatic hydroxyl groups is 2. The van der Waals surface area contributed by atoms with Gasteiger partial charge in [-0.2, -0.15) is 0 Å². The van der Waals surface area contributed by atoms with E-state index in [9.17, 15) is 10.2 Å². The molecule has 3 aromatic rings. The number of halogens is 2. The number of aliphatic hydroxyl groups excluding tert-OH is 1. The molecule has 1 saturated heterocycles. The van der Waals surface area contributed by atoms with Crippen molar-refractivity contribution in [2.24, 2.45) is 5.92 Å². The second-order valence-electron chi connectivity index (χ2n) is 8.59. The highest BCUT2D eigenvalue weighted by Gasteiger charge is 2.41. The fourth-order valence-corrected chi connectivity index (χ4v) is 5.21. The van der Waals surface area contributed by atoms with Crippen molar-refractivity contribution < 1.29 is 14.9 Å². The van der Waals surface area contributed by atoms with Crippen LogP contribution in [-0.2, 0) is 5.60 Å². The van der Waals surface area contributed by atoms with Gasteiger partial charge in [-0.1, -0.05) is 89.9 Å². The van der Waals surface area contributed by atoms with E-state index in [0.29, 0.717) is 22.3 Å². The molecule has 0 unspecified atom stereocenters. The molecule has 0 amide bonds. The lowest BCUT2D eigenvalue weighted by atomic mass is 9.72. The zero-order valence-electron chi connectivity index (χ0n) is 18.4. The molecule has 4 rings (SSSR count). The van der Waals surface area contributed by atoms with Crippen LogP contribution in [0.5, 0.6) is 5.75 Å². The number of β-amino-alcohol motifs (C(OH)–C–C–N with tert-alkyl or cyclic N) is 1. The van der Waals surface area contributed by atoms with Crippen LogP contribution >= 0.6 is 23.2 Å². The maximum absolute atomic E-state index is 12.0. The van der Waals surface area contributed by atoms with E-state index in [2.05, 4.69) is 4.90 Å².